The first-order valence-corrected chi connectivity index (χ1v) is 10.2. The smallest absolute Gasteiger partial charge is 0.143 e. The number of Topliss-reactive ketones (excluding diaryl/α,β-unsaturated/α-hetero) is 1. The molecule has 2 aliphatic rings. The molecule has 2 fully saturated rings. The van der Waals surface area contributed by atoms with Crippen molar-refractivity contribution in [2.75, 3.05) is 25.0 Å². The molecule has 0 spiro atoms. The van der Waals surface area contributed by atoms with Crippen LogP contribution in [0.15, 0.2) is 30.5 Å². The van der Waals surface area contributed by atoms with Gasteiger partial charge in [0, 0.05) is 42.9 Å². The first kappa shape index (κ1) is 18.4. The Bertz CT molecular complexity index is 816. The van der Waals surface area contributed by atoms with Crippen LogP contribution in [0.4, 0.5) is 5.82 Å². The average molecular weight is 385 g/mol. The van der Waals surface area contributed by atoms with Crippen LogP contribution in [0.3, 0.4) is 0 Å². The summed E-state index contributed by atoms with van der Waals surface area (Å²) in [6.07, 6.45) is 6.59. The molecule has 6 heteroatoms. The van der Waals surface area contributed by atoms with Gasteiger partial charge in [0.2, 0.25) is 0 Å². The van der Waals surface area contributed by atoms with Crippen molar-refractivity contribution in [3.63, 3.8) is 0 Å². The van der Waals surface area contributed by atoms with Gasteiger partial charge in [-0.2, -0.15) is 0 Å². The van der Waals surface area contributed by atoms with E-state index in [0.29, 0.717) is 11.4 Å². The molecule has 2 N–H and O–H groups in total. The van der Waals surface area contributed by atoms with E-state index in [0.717, 1.165) is 61.2 Å². The molecule has 0 radical (unpaired) electrons. The van der Waals surface area contributed by atoms with E-state index in [1.807, 2.05) is 24.3 Å². The molecule has 0 aromatic carbocycles. The lowest BCUT2D eigenvalue weighted by atomic mass is 9.92. The summed E-state index contributed by atoms with van der Waals surface area (Å²) in [5, 5.41) is 7.25. The third-order valence-electron chi connectivity index (χ3n) is 5.31. The maximum atomic E-state index is 12.6. The van der Waals surface area contributed by atoms with Gasteiger partial charge >= 0.3 is 0 Å². The molecule has 3 heterocycles. The van der Waals surface area contributed by atoms with Gasteiger partial charge in [0.05, 0.1) is 10.7 Å². The minimum absolute atomic E-state index is 0.0905. The lowest BCUT2D eigenvalue weighted by Crippen LogP contribution is -2.35. The molecule has 1 saturated carbocycles. The molecule has 142 valence electrons. The molecule has 1 aliphatic heterocycles. The highest BCUT2D eigenvalue weighted by Crippen LogP contribution is 2.30. The molecule has 27 heavy (non-hydrogen) atoms. The van der Waals surface area contributed by atoms with Gasteiger partial charge in [-0.15, -0.1) is 0 Å². The Labute approximate surface area is 164 Å². The van der Waals surface area contributed by atoms with E-state index >= 15 is 0 Å². The normalized spacial score (nSPS) is 19.7. The molecule has 1 atom stereocenters. The number of nitrogens with zero attached hydrogens (tertiary/aromatic N) is 2. The zero-order chi connectivity index (χ0) is 18.6. The third kappa shape index (κ3) is 4.85. The molecule has 2 aromatic rings. The van der Waals surface area contributed by atoms with Crippen molar-refractivity contribution in [1.82, 2.24) is 15.3 Å². The van der Waals surface area contributed by atoms with Gasteiger partial charge in [0.1, 0.15) is 11.6 Å². The van der Waals surface area contributed by atoms with E-state index in [-0.39, 0.29) is 11.7 Å². The number of piperidine rings is 1. The van der Waals surface area contributed by atoms with E-state index in [4.69, 9.17) is 16.6 Å². The van der Waals surface area contributed by atoms with Gasteiger partial charge in [-0.1, -0.05) is 17.7 Å². The van der Waals surface area contributed by atoms with E-state index < -0.39 is 0 Å². The molecule has 0 unspecified atom stereocenters. The number of hydrogen-bond acceptors (Lipinski definition) is 5. The first-order chi connectivity index (χ1) is 13.2. The Hall–Kier alpha value is -1.98. The zero-order valence-corrected chi connectivity index (χ0v) is 16.1. The number of rotatable bonds is 7. The highest BCUT2D eigenvalue weighted by molar-refractivity contribution is 6.33. The highest BCUT2D eigenvalue weighted by Gasteiger charge is 2.22. The maximum Gasteiger partial charge on any atom is 0.143 e. The predicted octanol–water partition coefficient (Wildman–Crippen LogP) is 3.73. The minimum atomic E-state index is 0.0905. The number of halogens is 1. The number of aromatic nitrogens is 2. The van der Waals surface area contributed by atoms with Crippen LogP contribution in [0.1, 0.15) is 31.4 Å². The van der Waals surface area contributed by atoms with Crippen LogP contribution in [0.5, 0.6) is 0 Å². The van der Waals surface area contributed by atoms with E-state index in [1.165, 1.54) is 12.8 Å². The van der Waals surface area contributed by atoms with E-state index in [2.05, 4.69) is 15.6 Å². The standard InChI is InChI=1S/C21H25ClN4O/c22-18-13-24-16(10-20(27)15-3-2-8-23-12-15)9-17(18)19-4-1-5-21(26-19)25-11-14-6-7-14/h1,4-5,9,13-15,23H,2-3,6-8,10-12H2,(H,25,26)/t15-/m1/s1. The number of hydrogen-bond donors (Lipinski definition) is 2. The van der Waals surface area contributed by atoms with Gasteiger partial charge in [-0.05, 0) is 56.3 Å². The van der Waals surface area contributed by atoms with Gasteiger partial charge in [0.15, 0.2) is 0 Å². The third-order valence-corrected chi connectivity index (χ3v) is 5.61. The van der Waals surface area contributed by atoms with Crippen LogP contribution in [-0.2, 0) is 11.2 Å². The zero-order valence-electron chi connectivity index (χ0n) is 15.4. The lowest BCUT2D eigenvalue weighted by Gasteiger charge is -2.21. The Balaban J connectivity index is 1.49. The minimum Gasteiger partial charge on any atom is -0.370 e. The second-order valence-corrected chi connectivity index (χ2v) is 7.98. The monoisotopic (exact) mass is 384 g/mol. The Kier molecular flexibility index (Phi) is 5.69. The summed E-state index contributed by atoms with van der Waals surface area (Å²) in [5.74, 6) is 1.98. The van der Waals surface area contributed by atoms with Crippen LogP contribution in [0.2, 0.25) is 5.02 Å². The summed E-state index contributed by atoms with van der Waals surface area (Å²) in [6, 6.07) is 7.80. The van der Waals surface area contributed by atoms with Crippen molar-refractivity contribution in [1.29, 1.82) is 0 Å². The summed E-state index contributed by atoms with van der Waals surface area (Å²) in [4.78, 5) is 21.6. The fraction of sp³-hybridized carbons (Fsp3) is 0.476. The fourth-order valence-corrected chi connectivity index (χ4v) is 3.68. The van der Waals surface area contributed by atoms with E-state index in [1.54, 1.807) is 6.20 Å². The van der Waals surface area contributed by atoms with Crippen molar-refractivity contribution in [2.24, 2.45) is 11.8 Å². The molecule has 4 rings (SSSR count). The van der Waals surface area contributed by atoms with Crippen LogP contribution in [0.25, 0.3) is 11.3 Å². The van der Waals surface area contributed by atoms with Crippen LogP contribution < -0.4 is 10.6 Å². The number of carbonyl (C=O) groups is 1. The predicted molar refractivity (Wildman–Crippen MR) is 108 cm³/mol. The topological polar surface area (TPSA) is 66.9 Å². The van der Waals surface area contributed by atoms with Crippen LogP contribution >= 0.6 is 11.6 Å². The maximum absolute atomic E-state index is 12.6. The number of pyridine rings is 2. The van der Waals surface area contributed by atoms with Gasteiger partial charge in [0.25, 0.3) is 0 Å². The Morgan fingerprint density at radius 1 is 1.30 bits per heavy atom. The largest absolute Gasteiger partial charge is 0.370 e. The van der Waals surface area contributed by atoms with Gasteiger partial charge in [-0.3, -0.25) is 9.78 Å². The molecule has 1 saturated heterocycles. The van der Waals surface area contributed by atoms with Gasteiger partial charge in [-0.25, -0.2) is 4.98 Å². The number of nitrogens with one attached hydrogen (secondary N) is 2. The second-order valence-electron chi connectivity index (χ2n) is 7.57. The highest BCUT2D eigenvalue weighted by atomic mass is 35.5. The van der Waals surface area contributed by atoms with Crippen molar-refractivity contribution in [3.05, 3.63) is 41.2 Å². The number of carbonyl (C=O) groups excluding carboxylic acids is 1. The molecule has 0 bridgehead atoms. The van der Waals surface area contributed by atoms with Gasteiger partial charge < -0.3 is 10.6 Å². The van der Waals surface area contributed by atoms with Crippen LogP contribution in [-0.4, -0.2) is 35.4 Å². The second kappa shape index (κ2) is 8.36. The average Bonchev–Trinajstić information content (AvgIpc) is 3.53. The fourth-order valence-electron chi connectivity index (χ4n) is 3.48. The Morgan fingerprint density at radius 3 is 2.96 bits per heavy atom. The number of ketones is 1. The summed E-state index contributed by atoms with van der Waals surface area (Å²) >= 11 is 6.39. The molecule has 1 aliphatic carbocycles. The van der Waals surface area contributed by atoms with Crippen molar-refractivity contribution in [3.8, 4) is 11.3 Å². The van der Waals surface area contributed by atoms with Crippen molar-refractivity contribution >= 4 is 23.2 Å². The lowest BCUT2D eigenvalue weighted by molar-refractivity contribution is -0.122. The van der Waals surface area contributed by atoms with Crippen molar-refractivity contribution in [2.45, 2.75) is 32.1 Å². The molecular weight excluding hydrogens is 360 g/mol. The molecule has 2 aromatic heterocycles. The molecule has 5 nitrogen and oxygen atoms in total. The number of anilines is 1. The summed E-state index contributed by atoms with van der Waals surface area (Å²) in [6.45, 7) is 2.75. The van der Waals surface area contributed by atoms with Crippen LogP contribution in [0, 0.1) is 11.8 Å². The summed E-state index contributed by atoms with van der Waals surface area (Å²) in [5.41, 5.74) is 2.38. The van der Waals surface area contributed by atoms with E-state index in [9.17, 15) is 4.79 Å². The Morgan fingerprint density at radius 2 is 2.19 bits per heavy atom. The molecular formula is C21H25ClN4O. The SMILES string of the molecule is O=C(Cc1cc(-c2cccc(NCC3CC3)n2)c(Cl)cn1)[C@@H]1CCCNC1. The summed E-state index contributed by atoms with van der Waals surface area (Å²) < 4.78 is 0. The first-order valence-electron chi connectivity index (χ1n) is 9.78. The van der Waals surface area contributed by atoms with Crippen molar-refractivity contribution < 1.29 is 4.79 Å². The quantitative estimate of drug-likeness (QED) is 0.761. The summed E-state index contributed by atoms with van der Waals surface area (Å²) in [7, 11) is 0. The molecule has 0 amide bonds.